The molecule has 0 bridgehead atoms. The van der Waals surface area contributed by atoms with Crippen LogP contribution in [0.15, 0.2) is 48.5 Å². The van der Waals surface area contributed by atoms with Gasteiger partial charge in [-0.15, -0.1) is 0 Å². The number of nitriles is 1. The van der Waals surface area contributed by atoms with Gasteiger partial charge in [-0.25, -0.2) is 0 Å². The van der Waals surface area contributed by atoms with Crippen LogP contribution in [0.3, 0.4) is 0 Å². The normalized spacial score (nSPS) is 21.7. The van der Waals surface area contributed by atoms with Gasteiger partial charge < -0.3 is 0 Å². The summed E-state index contributed by atoms with van der Waals surface area (Å²) in [7, 11) is 0. The van der Waals surface area contributed by atoms with Crippen molar-refractivity contribution < 1.29 is 0 Å². The van der Waals surface area contributed by atoms with Crippen LogP contribution in [-0.4, -0.2) is 0 Å². The number of benzene rings is 2. The van der Waals surface area contributed by atoms with E-state index < -0.39 is 0 Å². The minimum absolute atomic E-state index is 0.666. The smallest absolute Gasteiger partial charge is 0.0991 e. The highest BCUT2D eigenvalue weighted by atomic mass is 14.3. The van der Waals surface area contributed by atoms with Crippen LogP contribution in [0.25, 0.3) is 0 Å². The Morgan fingerprint density at radius 2 is 1.48 bits per heavy atom. The van der Waals surface area contributed by atoms with Gasteiger partial charge in [0.2, 0.25) is 0 Å². The quantitative estimate of drug-likeness (QED) is 0.728. The van der Waals surface area contributed by atoms with Gasteiger partial charge in [-0.2, -0.15) is 5.26 Å². The first-order chi connectivity index (χ1) is 10.3. The first-order valence-corrected chi connectivity index (χ1v) is 7.83. The Balaban J connectivity index is 1.66. The summed E-state index contributed by atoms with van der Waals surface area (Å²) in [6, 6.07) is 19.3. The van der Waals surface area contributed by atoms with Gasteiger partial charge in [-0.3, -0.25) is 0 Å². The van der Waals surface area contributed by atoms with Crippen molar-refractivity contribution in [2.45, 2.75) is 44.4 Å². The molecular formula is C20H21N. The monoisotopic (exact) mass is 275 g/mol. The maximum absolute atomic E-state index is 8.87. The molecule has 0 atom stereocenters. The van der Waals surface area contributed by atoms with Crippen molar-refractivity contribution in [2.75, 3.05) is 0 Å². The number of rotatable bonds is 2. The molecule has 0 N–H and O–H groups in total. The van der Waals surface area contributed by atoms with E-state index >= 15 is 0 Å². The Labute approximate surface area is 127 Å². The molecule has 0 radical (unpaired) electrons. The molecule has 0 aliphatic heterocycles. The van der Waals surface area contributed by atoms with E-state index in [1.165, 1.54) is 42.4 Å². The summed E-state index contributed by atoms with van der Waals surface area (Å²) in [4.78, 5) is 0. The molecule has 106 valence electrons. The van der Waals surface area contributed by atoms with E-state index in [2.05, 4.69) is 49.4 Å². The Hall–Kier alpha value is -2.07. The zero-order chi connectivity index (χ0) is 14.7. The molecule has 21 heavy (non-hydrogen) atoms. The van der Waals surface area contributed by atoms with Crippen LogP contribution >= 0.6 is 0 Å². The largest absolute Gasteiger partial charge is 0.192 e. The summed E-state index contributed by atoms with van der Waals surface area (Å²) in [5.74, 6) is 1.39. The Kier molecular flexibility index (Phi) is 4.06. The maximum Gasteiger partial charge on any atom is 0.0991 e. The number of hydrogen-bond donors (Lipinski definition) is 0. The fourth-order valence-corrected chi connectivity index (χ4v) is 3.51. The predicted octanol–water partition coefficient (Wildman–Crippen LogP) is 5.31. The van der Waals surface area contributed by atoms with Gasteiger partial charge in [0.25, 0.3) is 0 Å². The lowest BCUT2D eigenvalue weighted by Crippen LogP contribution is -2.12. The second-order valence-electron chi connectivity index (χ2n) is 6.20. The van der Waals surface area contributed by atoms with Gasteiger partial charge in [0.15, 0.2) is 0 Å². The van der Waals surface area contributed by atoms with Crippen LogP contribution in [0.4, 0.5) is 0 Å². The van der Waals surface area contributed by atoms with Gasteiger partial charge in [0.05, 0.1) is 11.6 Å². The van der Waals surface area contributed by atoms with Gasteiger partial charge in [0, 0.05) is 0 Å². The minimum Gasteiger partial charge on any atom is -0.192 e. The van der Waals surface area contributed by atoms with Crippen molar-refractivity contribution in [2.24, 2.45) is 0 Å². The highest BCUT2D eigenvalue weighted by Gasteiger charge is 2.23. The minimum atomic E-state index is 0.666. The van der Waals surface area contributed by atoms with Crippen molar-refractivity contribution in [3.8, 4) is 6.07 Å². The molecule has 1 saturated carbocycles. The molecule has 0 aromatic heterocycles. The van der Waals surface area contributed by atoms with Crippen LogP contribution in [0.1, 0.15) is 59.8 Å². The average molecular weight is 275 g/mol. The van der Waals surface area contributed by atoms with Gasteiger partial charge in [0.1, 0.15) is 0 Å². The average Bonchev–Trinajstić information content (AvgIpc) is 2.55. The summed E-state index contributed by atoms with van der Waals surface area (Å²) in [5.41, 5.74) is 5.03. The van der Waals surface area contributed by atoms with Gasteiger partial charge in [-0.05, 0) is 67.7 Å². The van der Waals surface area contributed by atoms with Crippen LogP contribution < -0.4 is 0 Å². The third-order valence-corrected chi connectivity index (χ3v) is 4.75. The van der Waals surface area contributed by atoms with Crippen molar-refractivity contribution in [1.29, 1.82) is 5.26 Å². The van der Waals surface area contributed by atoms with Crippen molar-refractivity contribution in [1.82, 2.24) is 0 Å². The molecular weight excluding hydrogens is 254 g/mol. The van der Waals surface area contributed by atoms with E-state index in [1.807, 2.05) is 12.1 Å². The van der Waals surface area contributed by atoms with E-state index in [9.17, 15) is 0 Å². The second kappa shape index (κ2) is 6.14. The third kappa shape index (κ3) is 3.16. The molecule has 1 nitrogen and oxygen atoms in total. The Morgan fingerprint density at radius 3 is 2.05 bits per heavy atom. The van der Waals surface area contributed by atoms with Crippen LogP contribution in [0, 0.1) is 18.3 Å². The molecule has 0 unspecified atom stereocenters. The highest BCUT2D eigenvalue weighted by molar-refractivity contribution is 5.33. The Bertz CT molecular complexity index is 640. The van der Waals surface area contributed by atoms with E-state index in [0.29, 0.717) is 5.92 Å². The maximum atomic E-state index is 8.87. The topological polar surface area (TPSA) is 23.8 Å². The SMILES string of the molecule is Cc1cccc(C2CCC(c3ccc(C#N)cc3)CC2)c1. The van der Waals surface area contributed by atoms with E-state index in [4.69, 9.17) is 5.26 Å². The molecule has 0 saturated heterocycles. The lowest BCUT2D eigenvalue weighted by atomic mass is 9.76. The fourth-order valence-electron chi connectivity index (χ4n) is 3.51. The van der Waals surface area contributed by atoms with Crippen molar-refractivity contribution >= 4 is 0 Å². The molecule has 2 aromatic rings. The second-order valence-corrected chi connectivity index (χ2v) is 6.20. The predicted molar refractivity (Wildman–Crippen MR) is 86.3 cm³/mol. The van der Waals surface area contributed by atoms with Crippen molar-refractivity contribution in [3.63, 3.8) is 0 Å². The van der Waals surface area contributed by atoms with Crippen LogP contribution in [0.2, 0.25) is 0 Å². The first kappa shape index (κ1) is 13.9. The van der Waals surface area contributed by atoms with Crippen molar-refractivity contribution in [3.05, 3.63) is 70.8 Å². The zero-order valence-electron chi connectivity index (χ0n) is 12.5. The summed E-state index contributed by atoms with van der Waals surface area (Å²) in [6.45, 7) is 2.17. The molecule has 0 spiro atoms. The Morgan fingerprint density at radius 1 is 0.857 bits per heavy atom. The van der Waals surface area contributed by atoms with E-state index in [1.54, 1.807) is 0 Å². The molecule has 1 fully saturated rings. The molecule has 2 aromatic carbocycles. The van der Waals surface area contributed by atoms with Gasteiger partial charge in [-0.1, -0.05) is 42.0 Å². The summed E-state index contributed by atoms with van der Waals surface area (Å²) in [6.07, 6.45) is 5.05. The molecule has 3 rings (SSSR count). The van der Waals surface area contributed by atoms with E-state index in [-0.39, 0.29) is 0 Å². The fraction of sp³-hybridized carbons (Fsp3) is 0.350. The molecule has 1 heteroatoms. The van der Waals surface area contributed by atoms with Gasteiger partial charge >= 0.3 is 0 Å². The summed E-state index contributed by atoms with van der Waals surface area (Å²) < 4.78 is 0. The number of nitrogens with zero attached hydrogens (tertiary/aromatic N) is 1. The standard InChI is InChI=1S/C20H21N/c1-15-3-2-4-20(13-15)19-11-9-18(10-12-19)17-7-5-16(14-21)6-8-17/h2-8,13,18-19H,9-12H2,1H3. The number of aryl methyl sites for hydroxylation is 1. The molecule has 1 aliphatic rings. The first-order valence-electron chi connectivity index (χ1n) is 7.83. The number of hydrogen-bond acceptors (Lipinski definition) is 1. The highest BCUT2D eigenvalue weighted by Crippen LogP contribution is 2.40. The van der Waals surface area contributed by atoms with E-state index in [0.717, 1.165) is 11.5 Å². The van der Waals surface area contributed by atoms with Crippen LogP contribution in [-0.2, 0) is 0 Å². The molecule has 1 aliphatic carbocycles. The third-order valence-electron chi connectivity index (χ3n) is 4.75. The summed E-state index contributed by atoms with van der Waals surface area (Å²) in [5, 5.41) is 8.87. The molecule has 0 heterocycles. The summed E-state index contributed by atoms with van der Waals surface area (Å²) >= 11 is 0. The lowest BCUT2D eigenvalue weighted by molar-refractivity contribution is 0.396. The molecule has 0 amide bonds. The van der Waals surface area contributed by atoms with Crippen LogP contribution in [0.5, 0.6) is 0 Å². The lowest BCUT2D eigenvalue weighted by Gasteiger charge is -2.29. The zero-order valence-corrected chi connectivity index (χ0v) is 12.5.